The van der Waals surface area contributed by atoms with Gasteiger partial charge >= 0.3 is 0 Å². The van der Waals surface area contributed by atoms with E-state index < -0.39 is 12.0 Å². The van der Waals surface area contributed by atoms with Crippen molar-refractivity contribution < 1.29 is 23.0 Å². The number of benzene rings is 1. The summed E-state index contributed by atoms with van der Waals surface area (Å²) in [5.74, 6) is 0.821. The fourth-order valence-corrected chi connectivity index (χ4v) is 3.19. The van der Waals surface area contributed by atoms with Gasteiger partial charge < -0.3 is 25.4 Å². The maximum atomic E-state index is 14.0. The van der Waals surface area contributed by atoms with E-state index >= 15 is 0 Å². The largest absolute Gasteiger partial charge is 0.486 e. The van der Waals surface area contributed by atoms with Crippen LogP contribution in [0, 0.1) is 5.82 Å². The van der Waals surface area contributed by atoms with E-state index in [1.54, 1.807) is 13.1 Å². The van der Waals surface area contributed by atoms with E-state index in [2.05, 4.69) is 26.0 Å². The summed E-state index contributed by atoms with van der Waals surface area (Å²) in [5.41, 5.74) is 1.09. The summed E-state index contributed by atoms with van der Waals surface area (Å²) < 4.78 is 39.7. The number of hydrogen-bond donors (Lipinski definition) is 3. The molecule has 2 aromatic heterocycles. The molecule has 0 aliphatic carbocycles. The van der Waals surface area contributed by atoms with E-state index in [1.807, 2.05) is 0 Å². The number of nitrogens with zero attached hydrogens (tertiary/aromatic N) is 3. The van der Waals surface area contributed by atoms with Crippen molar-refractivity contribution in [3.8, 4) is 11.5 Å². The molecule has 9 nitrogen and oxygen atoms in total. The summed E-state index contributed by atoms with van der Waals surface area (Å²) in [7, 11) is 1.71. The third-order valence-corrected chi connectivity index (χ3v) is 4.64. The molecule has 31 heavy (non-hydrogen) atoms. The van der Waals surface area contributed by atoms with Gasteiger partial charge in [-0.1, -0.05) is 0 Å². The van der Waals surface area contributed by atoms with Crippen molar-refractivity contribution in [2.24, 2.45) is 0 Å². The SMILES string of the molecule is CNc1cc(Nc2cc(F)cc3c2OCCO3)nc2c(NC(=O)CCC(C)F)cnn12. The van der Waals surface area contributed by atoms with Gasteiger partial charge in [-0.15, -0.1) is 0 Å². The van der Waals surface area contributed by atoms with Crippen LogP contribution in [-0.4, -0.2) is 46.9 Å². The van der Waals surface area contributed by atoms with Gasteiger partial charge in [0.25, 0.3) is 0 Å². The zero-order valence-electron chi connectivity index (χ0n) is 17.0. The molecule has 11 heteroatoms. The molecule has 0 fully saturated rings. The summed E-state index contributed by atoms with van der Waals surface area (Å²) in [6.07, 6.45) is 0.561. The Morgan fingerprint density at radius 1 is 1.26 bits per heavy atom. The second-order valence-electron chi connectivity index (χ2n) is 7.04. The summed E-state index contributed by atoms with van der Waals surface area (Å²) in [4.78, 5) is 16.6. The molecule has 1 aliphatic rings. The number of aromatic nitrogens is 3. The second kappa shape index (κ2) is 8.62. The molecule has 0 bridgehead atoms. The molecule has 3 heterocycles. The molecule has 164 valence electrons. The predicted octanol–water partition coefficient (Wildman–Crippen LogP) is 3.50. The molecule has 1 atom stereocenters. The zero-order valence-corrected chi connectivity index (χ0v) is 17.0. The lowest BCUT2D eigenvalue weighted by Gasteiger charge is -2.21. The maximum absolute atomic E-state index is 14.0. The summed E-state index contributed by atoms with van der Waals surface area (Å²) in [6, 6.07) is 4.23. The van der Waals surface area contributed by atoms with Crippen molar-refractivity contribution in [2.45, 2.75) is 25.9 Å². The highest BCUT2D eigenvalue weighted by molar-refractivity contribution is 5.94. The Kier molecular flexibility index (Phi) is 5.74. The van der Waals surface area contributed by atoms with Gasteiger partial charge in [0, 0.05) is 31.7 Å². The van der Waals surface area contributed by atoms with Crippen molar-refractivity contribution in [2.75, 3.05) is 36.2 Å². The Bertz CT molecular complexity index is 1120. The van der Waals surface area contributed by atoms with Crippen LogP contribution in [0.15, 0.2) is 24.4 Å². The van der Waals surface area contributed by atoms with Gasteiger partial charge in [-0.05, 0) is 13.3 Å². The summed E-state index contributed by atoms with van der Waals surface area (Å²) >= 11 is 0. The van der Waals surface area contributed by atoms with E-state index in [0.29, 0.717) is 53.4 Å². The lowest BCUT2D eigenvalue weighted by Crippen LogP contribution is -2.17. The van der Waals surface area contributed by atoms with E-state index in [9.17, 15) is 13.6 Å². The summed E-state index contributed by atoms with van der Waals surface area (Å²) in [6.45, 7) is 2.09. The number of carbonyl (C=O) groups excluding carboxylic acids is 1. The first kappa shape index (κ1) is 20.6. The quantitative estimate of drug-likeness (QED) is 0.525. The second-order valence-corrected chi connectivity index (χ2v) is 7.04. The van der Waals surface area contributed by atoms with Crippen LogP contribution in [0.5, 0.6) is 11.5 Å². The topological polar surface area (TPSA) is 102 Å². The molecular weight excluding hydrogens is 410 g/mol. The number of hydrogen-bond acceptors (Lipinski definition) is 7. The molecule has 1 aliphatic heterocycles. The Morgan fingerprint density at radius 2 is 2.06 bits per heavy atom. The van der Waals surface area contributed by atoms with Gasteiger partial charge in [-0.2, -0.15) is 9.61 Å². The maximum Gasteiger partial charge on any atom is 0.224 e. The fraction of sp³-hybridized carbons (Fsp3) is 0.350. The first-order chi connectivity index (χ1) is 14.9. The Labute approximate surface area is 176 Å². The van der Waals surface area contributed by atoms with Crippen molar-refractivity contribution in [3.63, 3.8) is 0 Å². The van der Waals surface area contributed by atoms with Crippen molar-refractivity contribution in [3.05, 3.63) is 30.2 Å². The normalized spacial score (nSPS) is 13.7. The van der Waals surface area contributed by atoms with Crippen LogP contribution < -0.4 is 25.4 Å². The number of ether oxygens (including phenoxy) is 2. The highest BCUT2D eigenvalue weighted by Crippen LogP contribution is 2.40. The average molecular weight is 432 g/mol. The Balaban J connectivity index is 1.66. The molecule has 4 rings (SSSR count). The number of nitrogens with one attached hydrogen (secondary N) is 3. The lowest BCUT2D eigenvalue weighted by atomic mass is 10.2. The molecule has 0 radical (unpaired) electrons. The third kappa shape index (κ3) is 4.44. The molecule has 3 aromatic rings. The average Bonchev–Trinajstić information content (AvgIpc) is 3.14. The molecule has 0 spiro atoms. The molecule has 3 N–H and O–H groups in total. The van der Waals surface area contributed by atoms with Crippen LogP contribution in [-0.2, 0) is 4.79 Å². The Morgan fingerprint density at radius 3 is 2.84 bits per heavy atom. The number of rotatable bonds is 7. The number of carbonyl (C=O) groups is 1. The minimum Gasteiger partial charge on any atom is -0.486 e. The van der Waals surface area contributed by atoms with Crippen molar-refractivity contribution in [1.29, 1.82) is 0 Å². The minimum absolute atomic E-state index is 0.0403. The van der Waals surface area contributed by atoms with Crippen LogP contribution in [0.4, 0.5) is 31.8 Å². The number of amides is 1. The predicted molar refractivity (Wildman–Crippen MR) is 112 cm³/mol. The van der Waals surface area contributed by atoms with Gasteiger partial charge in [0.1, 0.15) is 36.4 Å². The number of alkyl halides is 1. The highest BCUT2D eigenvalue weighted by Gasteiger charge is 2.20. The van der Waals surface area contributed by atoms with Crippen LogP contribution in [0.1, 0.15) is 19.8 Å². The van der Waals surface area contributed by atoms with Crippen molar-refractivity contribution in [1.82, 2.24) is 14.6 Å². The van der Waals surface area contributed by atoms with Crippen LogP contribution in [0.2, 0.25) is 0 Å². The molecule has 0 saturated carbocycles. The van der Waals surface area contributed by atoms with E-state index in [4.69, 9.17) is 9.47 Å². The summed E-state index contributed by atoms with van der Waals surface area (Å²) in [5, 5.41) is 13.0. The molecule has 1 unspecified atom stereocenters. The molecule has 0 saturated heterocycles. The smallest absolute Gasteiger partial charge is 0.224 e. The van der Waals surface area contributed by atoms with Crippen LogP contribution >= 0.6 is 0 Å². The Hall–Kier alpha value is -3.63. The third-order valence-electron chi connectivity index (χ3n) is 4.64. The number of halogens is 2. The fourth-order valence-electron chi connectivity index (χ4n) is 3.19. The van der Waals surface area contributed by atoms with Crippen molar-refractivity contribution >= 4 is 34.6 Å². The molecule has 1 amide bonds. The van der Waals surface area contributed by atoms with Gasteiger partial charge in [0.15, 0.2) is 17.1 Å². The molecular formula is C20H22F2N6O3. The number of anilines is 4. The van der Waals surface area contributed by atoms with E-state index in [0.717, 1.165) is 0 Å². The standard InChI is InChI=1S/C20H22F2N6O3/c1-11(21)3-4-18(29)26-14-10-24-28-17(23-2)9-16(27-20(14)28)25-13-7-12(22)8-15-19(13)31-6-5-30-15/h7-11,23H,3-6H2,1-2H3,(H,25,27)(H,26,29). The number of fused-ring (bicyclic) bond motifs is 2. The van der Waals surface area contributed by atoms with Gasteiger partial charge in [-0.3, -0.25) is 4.79 Å². The highest BCUT2D eigenvalue weighted by atomic mass is 19.1. The van der Waals surface area contributed by atoms with E-state index in [1.165, 1.54) is 29.8 Å². The lowest BCUT2D eigenvalue weighted by molar-refractivity contribution is -0.116. The minimum atomic E-state index is -1.07. The van der Waals surface area contributed by atoms with Gasteiger partial charge in [0.2, 0.25) is 5.91 Å². The first-order valence-electron chi connectivity index (χ1n) is 9.81. The van der Waals surface area contributed by atoms with Gasteiger partial charge in [0.05, 0.1) is 18.1 Å². The first-order valence-corrected chi connectivity index (χ1v) is 9.81. The van der Waals surface area contributed by atoms with Crippen LogP contribution in [0.3, 0.4) is 0 Å². The van der Waals surface area contributed by atoms with Gasteiger partial charge in [-0.25, -0.2) is 13.8 Å². The monoisotopic (exact) mass is 432 g/mol. The zero-order chi connectivity index (χ0) is 22.0. The van der Waals surface area contributed by atoms with Crippen LogP contribution in [0.25, 0.3) is 5.65 Å². The molecule has 1 aromatic carbocycles. The van der Waals surface area contributed by atoms with E-state index in [-0.39, 0.29) is 18.7 Å².